The summed E-state index contributed by atoms with van der Waals surface area (Å²) in [6, 6.07) is 29.8. The lowest BCUT2D eigenvalue weighted by molar-refractivity contribution is -0.139. The van der Waals surface area contributed by atoms with Crippen LogP contribution in [-0.2, 0) is 20.9 Å². The molecule has 5 rings (SSSR count). The highest BCUT2D eigenvalue weighted by molar-refractivity contribution is 6.00. The number of benzene rings is 3. The molecule has 0 fully saturated rings. The van der Waals surface area contributed by atoms with Crippen molar-refractivity contribution in [1.29, 1.82) is 0 Å². The minimum Gasteiger partial charge on any atom is -0.367 e. The summed E-state index contributed by atoms with van der Waals surface area (Å²) >= 11 is 0. The van der Waals surface area contributed by atoms with Gasteiger partial charge in [0, 0.05) is 12.7 Å². The second kappa shape index (κ2) is 12.1. The standard InChI is InChI=1S/C33H35N3O3/c1-3-4-20-34(32(38)24-39-23-26-11-6-5-7-12-26)22-31(37)36-29-14-9-8-13-28(29)35-21-10-15-30(35)33(36)27-18-16-25(2)17-19-27/h5-19,21,33H,3-4,20,22-24H2,1-2H3. The number of hydrogen-bond donors (Lipinski definition) is 0. The van der Waals surface area contributed by atoms with Crippen LogP contribution >= 0.6 is 0 Å². The van der Waals surface area contributed by atoms with E-state index in [9.17, 15) is 9.59 Å². The van der Waals surface area contributed by atoms with Crippen molar-refractivity contribution in [3.63, 3.8) is 0 Å². The largest absolute Gasteiger partial charge is 0.367 e. The number of amides is 2. The van der Waals surface area contributed by atoms with Gasteiger partial charge < -0.3 is 14.2 Å². The van der Waals surface area contributed by atoms with Crippen molar-refractivity contribution in [2.24, 2.45) is 0 Å². The van der Waals surface area contributed by atoms with Gasteiger partial charge >= 0.3 is 0 Å². The van der Waals surface area contributed by atoms with E-state index in [1.165, 1.54) is 0 Å². The Labute approximate surface area is 230 Å². The van der Waals surface area contributed by atoms with Crippen LogP contribution in [-0.4, -0.2) is 41.0 Å². The van der Waals surface area contributed by atoms with Crippen LogP contribution in [0.1, 0.15) is 48.2 Å². The summed E-state index contributed by atoms with van der Waals surface area (Å²) in [4.78, 5) is 31.0. The van der Waals surface area contributed by atoms with Crippen LogP contribution in [0.3, 0.4) is 0 Å². The third-order valence-electron chi connectivity index (χ3n) is 7.18. The second-order valence-corrected chi connectivity index (χ2v) is 10.0. The molecule has 0 N–H and O–H groups in total. The number of carbonyl (C=O) groups excluding carboxylic acids is 2. The normalized spacial score (nSPS) is 14.0. The Morgan fingerprint density at radius 1 is 0.872 bits per heavy atom. The first-order valence-electron chi connectivity index (χ1n) is 13.6. The monoisotopic (exact) mass is 521 g/mol. The van der Waals surface area contributed by atoms with Gasteiger partial charge in [-0.3, -0.25) is 14.5 Å². The average Bonchev–Trinajstić information content (AvgIpc) is 3.45. The van der Waals surface area contributed by atoms with Crippen molar-refractivity contribution in [3.05, 3.63) is 120 Å². The molecule has 6 nitrogen and oxygen atoms in total. The molecule has 4 aromatic rings. The number of aryl methyl sites for hydroxylation is 1. The van der Waals surface area contributed by atoms with E-state index in [1.54, 1.807) is 4.90 Å². The predicted molar refractivity (Wildman–Crippen MR) is 154 cm³/mol. The fourth-order valence-corrected chi connectivity index (χ4v) is 5.13. The highest BCUT2D eigenvalue weighted by Gasteiger charge is 2.36. The van der Waals surface area contributed by atoms with E-state index in [2.05, 4.69) is 48.7 Å². The van der Waals surface area contributed by atoms with Crippen molar-refractivity contribution in [1.82, 2.24) is 9.47 Å². The first-order valence-corrected chi connectivity index (χ1v) is 13.6. The van der Waals surface area contributed by atoms with Gasteiger partial charge in [-0.25, -0.2) is 0 Å². The third kappa shape index (κ3) is 5.81. The van der Waals surface area contributed by atoms with Crippen molar-refractivity contribution in [3.8, 4) is 5.69 Å². The summed E-state index contributed by atoms with van der Waals surface area (Å²) in [5.74, 6) is -0.290. The molecule has 1 atom stereocenters. The summed E-state index contributed by atoms with van der Waals surface area (Å²) in [6.07, 6.45) is 3.78. The number of hydrogen-bond acceptors (Lipinski definition) is 3. The van der Waals surface area contributed by atoms with E-state index in [4.69, 9.17) is 4.74 Å². The van der Waals surface area contributed by atoms with Gasteiger partial charge in [0.25, 0.3) is 0 Å². The van der Waals surface area contributed by atoms with Crippen LogP contribution in [0.4, 0.5) is 5.69 Å². The molecule has 1 unspecified atom stereocenters. The van der Waals surface area contributed by atoms with Crippen LogP contribution in [0.5, 0.6) is 0 Å². The number of carbonyl (C=O) groups is 2. The van der Waals surface area contributed by atoms with Gasteiger partial charge in [0.2, 0.25) is 11.8 Å². The maximum Gasteiger partial charge on any atom is 0.249 e. The van der Waals surface area contributed by atoms with Crippen LogP contribution < -0.4 is 4.90 Å². The Kier molecular flexibility index (Phi) is 8.23. The van der Waals surface area contributed by atoms with E-state index in [0.717, 1.165) is 46.6 Å². The first kappa shape index (κ1) is 26.4. The molecule has 0 saturated carbocycles. The number of aromatic nitrogens is 1. The Balaban J connectivity index is 1.42. The number of anilines is 1. The van der Waals surface area contributed by atoms with Crippen molar-refractivity contribution >= 4 is 17.5 Å². The molecular formula is C33H35N3O3. The Bertz CT molecular complexity index is 1410. The fraction of sp³-hybridized carbons (Fsp3) is 0.273. The fourth-order valence-electron chi connectivity index (χ4n) is 5.13. The molecule has 2 heterocycles. The molecule has 2 amide bonds. The smallest absolute Gasteiger partial charge is 0.249 e. The zero-order valence-corrected chi connectivity index (χ0v) is 22.6. The summed E-state index contributed by atoms with van der Waals surface area (Å²) < 4.78 is 7.90. The van der Waals surface area contributed by atoms with E-state index in [0.29, 0.717) is 13.2 Å². The maximum absolute atomic E-state index is 14.2. The molecule has 0 radical (unpaired) electrons. The molecule has 3 aromatic carbocycles. The van der Waals surface area contributed by atoms with E-state index >= 15 is 0 Å². The molecule has 1 aliphatic rings. The van der Waals surface area contributed by atoms with Crippen molar-refractivity contribution < 1.29 is 14.3 Å². The molecule has 0 aliphatic carbocycles. The van der Waals surface area contributed by atoms with E-state index < -0.39 is 0 Å². The molecule has 0 saturated heterocycles. The second-order valence-electron chi connectivity index (χ2n) is 10.0. The highest BCUT2D eigenvalue weighted by Crippen LogP contribution is 2.42. The topological polar surface area (TPSA) is 54.8 Å². The van der Waals surface area contributed by atoms with Crippen LogP contribution in [0.2, 0.25) is 0 Å². The molecule has 1 aliphatic heterocycles. The molecule has 1 aromatic heterocycles. The Morgan fingerprint density at radius 3 is 2.33 bits per heavy atom. The lowest BCUT2D eigenvalue weighted by atomic mass is 9.97. The number of para-hydroxylation sites is 2. The minimum absolute atomic E-state index is 0.00899. The number of rotatable bonds is 10. The lowest BCUT2D eigenvalue weighted by Crippen LogP contribution is -2.47. The Morgan fingerprint density at radius 2 is 1.59 bits per heavy atom. The zero-order valence-electron chi connectivity index (χ0n) is 22.6. The predicted octanol–water partition coefficient (Wildman–Crippen LogP) is 6.07. The van der Waals surface area contributed by atoms with E-state index in [1.807, 2.05) is 71.8 Å². The van der Waals surface area contributed by atoms with Gasteiger partial charge in [0.05, 0.1) is 23.7 Å². The highest BCUT2D eigenvalue weighted by atomic mass is 16.5. The number of nitrogens with zero attached hydrogens (tertiary/aromatic N) is 3. The van der Waals surface area contributed by atoms with Gasteiger partial charge in [-0.2, -0.15) is 0 Å². The zero-order chi connectivity index (χ0) is 27.2. The van der Waals surface area contributed by atoms with Crippen molar-refractivity contribution in [2.75, 3.05) is 24.6 Å². The number of ether oxygens (including phenoxy) is 1. The van der Waals surface area contributed by atoms with Gasteiger partial charge in [-0.05, 0) is 48.7 Å². The lowest BCUT2D eigenvalue weighted by Gasteiger charge is -2.39. The van der Waals surface area contributed by atoms with Gasteiger partial charge in [0.1, 0.15) is 19.2 Å². The average molecular weight is 522 g/mol. The summed E-state index contributed by atoms with van der Waals surface area (Å²) in [6.45, 7) is 4.93. The summed E-state index contributed by atoms with van der Waals surface area (Å²) in [5.41, 5.74) is 6.00. The SMILES string of the molecule is CCCCN(CC(=O)N1c2ccccc2-n2cccc2C1c1ccc(C)cc1)C(=O)COCc1ccccc1. The molecule has 200 valence electrons. The molecule has 0 bridgehead atoms. The summed E-state index contributed by atoms with van der Waals surface area (Å²) in [5, 5.41) is 0. The van der Waals surface area contributed by atoms with Crippen LogP contribution in [0.25, 0.3) is 5.69 Å². The third-order valence-corrected chi connectivity index (χ3v) is 7.18. The molecule has 6 heteroatoms. The van der Waals surface area contributed by atoms with E-state index in [-0.39, 0.29) is 31.0 Å². The van der Waals surface area contributed by atoms with Crippen molar-refractivity contribution in [2.45, 2.75) is 39.3 Å². The number of fused-ring (bicyclic) bond motifs is 3. The minimum atomic E-state index is -0.305. The molecule has 0 spiro atoms. The maximum atomic E-state index is 14.2. The number of unbranched alkanes of at least 4 members (excludes halogenated alkanes) is 1. The summed E-state index contributed by atoms with van der Waals surface area (Å²) in [7, 11) is 0. The molecular weight excluding hydrogens is 486 g/mol. The van der Waals surface area contributed by atoms with Gasteiger partial charge in [0.15, 0.2) is 0 Å². The first-order chi connectivity index (χ1) is 19.1. The Hall–Kier alpha value is -4.16. The van der Waals surface area contributed by atoms with Gasteiger partial charge in [-0.1, -0.05) is 85.6 Å². The van der Waals surface area contributed by atoms with Crippen LogP contribution in [0, 0.1) is 6.92 Å². The quantitative estimate of drug-likeness (QED) is 0.255. The van der Waals surface area contributed by atoms with Crippen LogP contribution in [0.15, 0.2) is 97.2 Å². The van der Waals surface area contributed by atoms with Gasteiger partial charge in [-0.15, -0.1) is 0 Å². The molecule has 39 heavy (non-hydrogen) atoms.